The number of nitrogens with zero attached hydrogens (tertiary/aromatic N) is 4. The number of ether oxygens (including phenoxy) is 1. The van der Waals surface area contributed by atoms with Gasteiger partial charge in [0.1, 0.15) is 22.7 Å². The minimum Gasteiger partial charge on any atom is -0.492 e. The molecule has 0 N–H and O–H groups in total. The van der Waals surface area contributed by atoms with Gasteiger partial charge in [-0.1, -0.05) is 29.8 Å². The Labute approximate surface area is 163 Å². The molecule has 0 bridgehead atoms. The molecule has 1 aliphatic heterocycles. The molecular formula is C21H19ClN4O. The monoisotopic (exact) mass is 378 g/mol. The molecule has 3 aromatic rings. The predicted molar refractivity (Wildman–Crippen MR) is 106 cm³/mol. The zero-order valence-corrected chi connectivity index (χ0v) is 15.6. The van der Waals surface area contributed by atoms with Gasteiger partial charge in [-0.15, -0.1) is 0 Å². The van der Waals surface area contributed by atoms with Crippen LogP contribution in [0.25, 0.3) is 10.9 Å². The van der Waals surface area contributed by atoms with Gasteiger partial charge >= 0.3 is 0 Å². The van der Waals surface area contributed by atoms with E-state index in [1.54, 1.807) is 18.5 Å². The maximum atomic E-state index is 9.54. The molecule has 3 heterocycles. The molecule has 0 saturated carbocycles. The van der Waals surface area contributed by atoms with Crippen molar-refractivity contribution in [2.75, 3.05) is 24.6 Å². The van der Waals surface area contributed by atoms with Crippen LogP contribution in [0.2, 0.25) is 5.02 Å². The van der Waals surface area contributed by atoms with Gasteiger partial charge in [0.05, 0.1) is 17.7 Å². The summed E-state index contributed by atoms with van der Waals surface area (Å²) in [7, 11) is 0. The number of fused-ring (bicyclic) bond motifs is 1. The van der Waals surface area contributed by atoms with Crippen molar-refractivity contribution in [1.82, 2.24) is 9.97 Å². The molecule has 0 aliphatic carbocycles. The Hall–Kier alpha value is -2.84. The molecule has 1 fully saturated rings. The van der Waals surface area contributed by atoms with Crippen LogP contribution in [0.5, 0.6) is 5.75 Å². The molecule has 136 valence electrons. The number of nitriles is 1. The SMILES string of the molecule is N#Cc1cc2ccccc2nc1N1CCC(COc2ccncc2Cl)CC1. The first-order valence-corrected chi connectivity index (χ1v) is 9.39. The van der Waals surface area contributed by atoms with Crippen LogP contribution in [0.4, 0.5) is 5.82 Å². The van der Waals surface area contributed by atoms with Gasteiger partial charge < -0.3 is 9.64 Å². The van der Waals surface area contributed by atoms with Crippen molar-refractivity contribution < 1.29 is 4.74 Å². The second kappa shape index (κ2) is 7.81. The van der Waals surface area contributed by atoms with Crippen LogP contribution in [-0.4, -0.2) is 29.7 Å². The molecule has 0 atom stereocenters. The Morgan fingerprint density at radius 2 is 2.04 bits per heavy atom. The van der Waals surface area contributed by atoms with E-state index < -0.39 is 0 Å². The fourth-order valence-electron chi connectivity index (χ4n) is 3.43. The maximum Gasteiger partial charge on any atom is 0.147 e. The van der Waals surface area contributed by atoms with Crippen molar-refractivity contribution >= 4 is 28.3 Å². The Balaban J connectivity index is 1.43. The van der Waals surface area contributed by atoms with Crippen molar-refractivity contribution in [3.63, 3.8) is 0 Å². The number of halogens is 1. The van der Waals surface area contributed by atoms with Gasteiger partial charge in [0.15, 0.2) is 0 Å². The molecule has 6 heteroatoms. The Morgan fingerprint density at radius 3 is 2.81 bits per heavy atom. The number of pyridine rings is 2. The largest absolute Gasteiger partial charge is 0.492 e. The van der Waals surface area contributed by atoms with Crippen LogP contribution in [0, 0.1) is 17.2 Å². The normalized spacial score (nSPS) is 14.9. The van der Waals surface area contributed by atoms with Crippen molar-refractivity contribution in [2.24, 2.45) is 5.92 Å². The lowest BCUT2D eigenvalue weighted by molar-refractivity contribution is 0.222. The first-order valence-electron chi connectivity index (χ1n) is 9.02. The lowest BCUT2D eigenvalue weighted by atomic mass is 9.97. The van der Waals surface area contributed by atoms with E-state index in [0.717, 1.165) is 42.7 Å². The fourth-order valence-corrected chi connectivity index (χ4v) is 3.60. The second-order valence-corrected chi connectivity index (χ2v) is 7.12. The number of anilines is 1. The van der Waals surface area contributed by atoms with E-state index in [2.05, 4.69) is 16.0 Å². The zero-order chi connectivity index (χ0) is 18.6. The first-order chi connectivity index (χ1) is 13.2. The van der Waals surface area contributed by atoms with E-state index in [4.69, 9.17) is 21.3 Å². The molecule has 1 saturated heterocycles. The molecule has 0 amide bonds. The Morgan fingerprint density at radius 1 is 1.22 bits per heavy atom. The van der Waals surface area contributed by atoms with E-state index in [1.807, 2.05) is 30.3 Å². The van der Waals surface area contributed by atoms with Gasteiger partial charge in [-0.2, -0.15) is 5.26 Å². The first kappa shape index (κ1) is 17.6. The molecule has 0 spiro atoms. The standard InChI is InChI=1S/C21H19ClN4O/c22-18-13-24-8-5-20(18)27-14-15-6-9-26(10-7-15)21-17(12-23)11-16-3-1-2-4-19(16)25-21/h1-5,8,11,13,15H,6-7,9-10,14H2. The third kappa shape index (κ3) is 3.81. The van der Waals surface area contributed by atoms with Gasteiger partial charge in [-0.05, 0) is 30.9 Å². The highest BCUT2D eigenvalue weighted by Gasteiger charge is 2.23. The molecule has 5 nitrogen and oxygen atoms in total. The number of hydrogen-bond acceptors (Lipinski definition) is 5. The average molecular weight is 379 g/mol. The molecule has 2 aromatic heterocycles. The second-order valence-electron chi connectivity index (χ2n) is 6.71. The lowest BCUT2D eigenvalue weighted by Crippen LogP contribution is -2.36. The van der Waals surface area contributed by atoms with Crippen molar-refractivity contribution in [2.45, 2.75) is 12.8 Å². The van der Waals surface area contributed by atoms with E-state index >= 15 is 0 Å². The Bertz CT molecular complexity index is 993. The summed E-state index contributed by atoms with van der Waals surface area (Å²) in [6, 6.07) is 13.9. The Kier molecular flexibility index (Phi) is 5.08. The molecule has 4 rings (SSSR count). The summed E-state index contributed by atoms with van der Waals surface area (Å²) in [6.45, 7) is 2.35. The summed E-state index contributed by atoms with van der Waals surface area (Å²) in [4.78, 5) is 10.9. The van der Waals surface area contributed by atoms with Crippen molar-refractivity contribution in [1.29, 1.82) is 5.26 Å². The number of hydrogen-bond donors (Lipinski definition) is 0. The molecule has 0 unspecified atom stereocenters. The number of aromatic nitrogens is 2. The molecule has 0 radical (unpaired) electrons. The highest BCUT2D eigenvalue weighted by Crippen LogP contribution is 2.29. The van der Waals surface area contributed by atoms with E-state index in [9.17, 15) is 5.26 Å². The van der Waals surface area contributed by atoms with Crippen LogP contribution in [0.15, 0.2) is 48.8 Å². The van der Waals surface area contributed by atoms with Gasteiger partial charge in [-0.25, -0.2) is 4.98 Å². The number of rotatable bonds is 4. The van der Waals surface area contributed by atoms with Crippen molar-refractivity contribution in [3.05, 3.63) is 59.4 Å². The summed E-state index contributed by atoms with van der Waals surface area (Å²) < 4.78 is 5.86. The predicted octanol–water partition coefficient (Wildman–Crippen LogP) is 4.45. The summed E-state index contributed by atoms with van der Waals surface area (Å²) in [5.41, 5.74) is 1.55. The smallest absolute Gasteiger partial charge is 0.147 e. The zero-order valence-electron chi connectivity index (χ0n) is 14.8. The number of para-hydroxylation sites is 1. The van der Waals surface area contributed by atoms with Gasteiger partial charge in [0.2, 0.25) is 0 Å². The van der Waals surface area contributed by atoms with Crippen LogP contribution in [0.1, 0.15) is 18.4 Å². The summed E-state index contributed by atoms with van der Waals surface area (Å²) >= 11 is 6.09. The van der Waals surface area contributed by atoms with E-state index in [1.165, 1.54) is 0 Å². The van der Waals surface area contributed by atoms with Crippen LogP contribution in [-0.2, 0) is 0 Å². The fraction of sp³-hybridized carbons (Fsp3) is 0.286. The van der Waals surface area contributed by atoms with Crippen molar-refractivity contribution in [3.8, 4) is 11.8 Å². The minimum atomic E-state index is 0.455. The number of piperidine rings is 1. The van der Waals surface area contributed by atoms with Gasteiger partial charge in [0, 0.05) is 36.9 Å². The molecular weight excluding hydrogens is 360 g/mol. The topological polar surface area (TPSA) is 62.0 Å². The molecule has 27 heavy (non-hydrogen) atoms. The maximum absolute atomic E-state index is 9.54. The minimum absolute atomic E-state index is 0.455. The highest BCUT2D eigenvalue weighted by atomic mass is 35.5. The van der Waals surface area contributed by atoms with Gasteiger partial charge in [-0.3, -0.25) is 4.98 Å². The molecule has 1 aliphatic rings. The third-order valence-corrected chi connectivity index (χ3v) is 5.23. The summed E-state index contributed by atoms with van der Waals surface area (Å²) in [6.07, 6.45) is 5.25. The quantitative estimate of drug-likeness (QED) is 0.671. The summed E-state index contributed by atoms with van der Waals surface area (Å²) in [5.74, 6) is 1.92. The average Bonchev–Trinajstić information content (AvgIpc) is 2.72. The number of benzene rings is 1. The summed E-state index contributed by atoms with van der Waals surface area (Å²) in [5, 5.41) is 11.1. The highest BCUT2D eigenvalue weighted by molar-refractivity contribution is 6.31. The van der Waals surface area contributed by atoms with Crippen LogP contribution in [0.3, 0.4) is 0 Å². The van der Waals surface area contributed by atoms with E-state index in [0.29, 0.717) is 28.9 Å². The van der Waals surface area contributed by atoms with Gasteiger partial charge in [0.25, 0.3) is 0 Å². The van der Waals surface area contributed by atoms with Crippen LogP contribution >= 0.6 is 11.6 Å². The third-order valence-electron chi connectivity index (χ3n) is 4.95. The lowest BCUT2D eigenvalue weighted by Gasteiger charge is -2.33. The van der Waals surface area contributed by atoms with E-state index in [-0.39, 0.29) is 0 Å². The van der Waals surface area contributed by atoms with Crippen LogP contribution < -0.4 is 9.64 Å². The molecule has 1 aromatic carbocycles.